The fourth-order valence-electron chi connectivity index (χ4n) is 1.18. The second-order valence-corrected chi connectivity index (χ2v) is 3.28. The Morgan fingerprint density at radius 2 is 2.16 bits per heavy atom. The monoisotopic (exact) mass is 267 g/mol. The summed E-state index contributed by atoms with van der Waals surface area (Å²) < 4.78 is 9.84. The Hall–Kier alpha value is -2.64. The van der Waals surface area contributed by atoms with Crippen LogP contribution in [0.15, 0.2) is 18.3 Å². The number of hydrogen-bond donors (Lipinski definition) is 2. The number of nitrogens with zero attached hydrogens (tertiary/aromatic N) is 1. The molecule has 0 radical (unpaired) electrons. The van der Waals surface area contributed by atoms with Crippen molar-refractivity contribution in [3.63, 3.8) is 0 Å². The average Bonchev–Trinajstić information content (AvgIpc) is 2.36. The van der Waals surface area contributed by atoms with Crippen molar-refractivity contribution in [1.82, 2.24) is 10.3 Å². The van der Waals surface area contributed by atoms with Gasteiger partial charge in [-0.2, -0.15) is 0 Å². The Kier molecular flexibility index (Phi) is 5.27. The number of rotatable bonds is 5. The second-order valence-electron chi connectivity index (χ2n) is 3.28. The third-order valence-corrected chi connectivity index (χ3v) is 1.87. The molecule has 19 heavy (non-hydrogen) atoms. The summed E-state index contributed by atoms with van der Waals surface area (Å²) in [4.78, 5) is 37.0. The zero-order valence-electron chi connectivity index (χ0n) is 10.2. The Labute approximate surface area is 108 Å². The highest BCUT2D eigenvalue weighted by Gasteiger charge is 2.16. The minimum Gasteiger partial charge on any atom is -0.477 e. The Morgan fingerprint density at radius 3 is 2.79 bits per heavy atom. The van der Waals surface area contributed by atoms with Crippen molar-refractivity contribution in [2.24, 2.45) is 5.73 Å². The number of carbonyl (C=O) groups excluding carboxylic acids is 3. The molecule has 0 unspecified atom stereocenters. The molecule has 1 aromatic heterocycles. The first-order valence-electron chi connectivity index (χ1n) is 5.38. The molecule has 0 aromatic carbocycles. The molecule has 1 heterocycles. The largest absolute Gasteiger partial charge is 0.477 e. The van der Waals surface area contributed by atoms with Gasteiger partial charge in [0.25, 0.3) is 5.91 Å². The van der Waals surface area contributed by atoms with Gasteiger partial charge in [0.15, 0.2) is 6.61 Å². The molecule has 8 nitrogen and oxygen atoms in total. The quantitative estimate of drug-likeness (QED) is 0.714. The summed E-state index contributed by atoms with van der Waals surface area (Å²) in [5.74, 6) is -1.48. The van der Waals surface area contributed by atoms with Crippen molar-refractivity contribution in [2.75, 3.05) is 13.2 Å². The number of pyridine rings is 1. The van der Waals surface area contributed by atoms with Gasteiger partial charge >= 0.3 is 12.0 Å². The number of aromatic nitrogens is 1. The van der Waals surface area contributed by atoms with E-state index in [-0.39, 0.29) is 11.4 Å². The standard InChI is InChI=1S/C11H13N3O5/c1-2-18-9-7(4-3-5-13-9)10(16)19-6-8(15)14-11(12)17/h3-5H,2,6H2,1H3,(H3,12,14,15,17). The van der Waals surface area contributed by atoms with Gasteiger partial charge in [0.05, 0.1) is 6.61 Å². The molecule has 0 bridgehead atoms. The highest BCUT2D eigenvalue weighted by atomic mass is 16.5. The zero-order chi connectivity index (χ0) is 14.3. The molecular weight excluding hydrogens is 254 g/mol. The van der Waals surface area contributed by atoms with Gasteiger partial charge in [-0.25, -0.2) is 14.6 Å². The highest BCUT2D eigenvalue weighted by molar-refractivity contribution is 5.97. The van der Waals surface area contributed by atoms with E-state index in [0.717, 1.165) is 0 Å². The van der Waals surface area contributed by atoms with E-state index in [4.69, 9.17) is 15.2 Å². The first-order valence-corrected chi connectivity index (χ1v) is 5.38. The lowest BCUT2D eigenvalue weighted by atomic mass is 10.3. The molecule has 102 valence electrons. The predicted octanol–water partition coefficient (Wildman–Crippen LogP) is -0.168. The molecule has 0 saturated heterocycles. The minimum absolute atomic E-state index is 0.0937. The molecule has 0 fully saturated rings. The molecule has 8 heteroatoms. The van der Waals surface area contributed by atoms with Crippen molar-refractivity contribution < 1.29 is 23.9 Å². The zero-order valence-corrected chi connectivity index (χ0v) is 10.2. The first kappa shape index (κ1) is 14.4. The molecule has 3 amide bonds. The summed E-state index contributed by atoms with van der Waals surface area (Å²) in [5.41, 5.74) is 4.83. The number of primary amides is 1. The van der Waals surface area contributed by atoms with Crippen LogP contribution in [0.2, 0.25) is 0 Å². The van der Waals surface area contributed by atoms with Gasteiger partial charge in [0, 0.05) is 6.20 Å². The maximum Gasteiger partial charge on any atom is 0.344 e. The number of nitrogens with two attached hydrogens (primary N) is 1. The molecule has 0 aliphatic heterocycles. The molecule has 0 spiro atoms. The van der Waals surface area contributed by atoms with E-state index in [0.29, 0.717) is 6.61 Å². The van der Waals surface area contributed by atoms with Crippen LogP contribution < -0.4 is 15.8 Å². The fraction of sp³-hybridized carbons (Fsp3) is 0.273. The van der Waals surface area contributed by atoms with Gasteiger partial charge in [-0.05, 0) is 19.1 Å². The van der Waals surface area contributed by atoms with E-state index in [1.54, 1.807) is 12.2 Å². The van der Waals surface area contributed by atoms with Crippen LogP contribution in [-0.2, 0) is 9.53 Å². The lowest BCUT2D eigenvalue weighted by Crippen LogP contribution is -2.37. The van der Waals surface area contributed by atoms with Gasteiger partial charge in [-0.3, -0.25) is 10.1 Å². The average molecular weight is 267 g/mol. The number of urea groups is 1. The van der Waals surface area contributed by atoms with E-state index in [9.17, 15) is 14.4 Å². The van der Waals surface area contributed by atoms with E-state index in [1.165, 1.54) is 18.3 Å². The van der Waals surface area contributed by atoms with Gasteiger partial charge in [0.1, 0.15) is 5.56 Å². The summed E-state index contributed by atoms with van der Waals surface area (Å²) in [7, 11) is 0. The van der Waals surface area contributed by atoms with Crippen LogP contribution in [0.1, 0.15) is 17.3 Å². The van der Waals surface area contributed by atoms with Crippen LogP contribution in [0, 0.1) is 0 Å². The number of imide groups is 1. The number of carbonyl (C=O) groups is 3. The van der Waals surface area contributed by atoms with Crippen molar-refractivity contribution in [2.45, 2.75) is 6.92 Å². The van der Waals surface area contributed by atoms with E-state index in [2.05, 4.69) is 4.98 Å². The number of hydrogen-bond acceptors (Lipinski definition) is 6. The molecule has 0 saturated carbocycles. The van der Waals surface area contributed by atoms with E-state index >= 15 is 0 Å². The Balaban J connectivity index is 2.63. The highest BCUT2D eigenvalue weighted by Crippen LogP contribution is 2.15. The fourth-order valence-corrected chi connectivity index (χ4v) is 1.18. The van der Waals surface area contributed by atoms with Gasteiger partial charge in [-0.15, -0.1) is 0 Å². The third-order valence-electron chi connectivity index (χ3n) is 1.87. The van der Waals surface area contributed by atoms with E-state index in [1.807, 2.05) is 0 Å². The van der Waals surface area contributed by atoms with E-state index < -0.39 is 24.5 Å². The van der Waals surface area contributed by atoms with Crippen molar-refractivity contribution in [3.8, 4) is 5.88 Å². The maximum absolute atomic E-state index is 11.7. The van der Waals surface area contributed by atoms with Crippen molar-refractivity contribution in [3.05, 3.63) is 23.9 Å². The second kappa shape index (κ2) is 6.94. The van der Waals surface area contributed by atoms with Crippen molar-refractivity contribution >= 4 is 17.9 Å². The van der Waals surface area contributed by atoms with Crippen LogP contribution in [0.25, 0.3) is 0 Å². The summed E-state index contributed by atoms with van der Waals surface area (Å²) >= 11 is 0. The summed E-state index contributed by atoms with van der Waals surface area (Å²) in [6.07, 6.45) is 1.46. The molecule has 0 aliphatic rings. The SMILES string of the molecule is CCOc1ncccc1C(=O)OCC(=O)NC(N)=O. The topological polar surface area (TPSA) is 121 Å². The summed E-state index contributed by atoms with van der Waals surface area (Å²) in [6, 6.07) is 1.96. The number of esters is 1. The molecule has 3 N–H and O–H groups in total. The predicted molar refractivity (Wildman–Crippen MR) is 63.4 cm³/mol. The Morgan fingerprint density at radius 1 is 1.42 bits per heavy atom. The number of amides is 3. The van der Waals surface area contributed by atoms with Crippen LogP contribution in [0.4, 0.5) is 4.79 Å². The van der Waals surface area contributed by atoms with Crippen molar-refractivity contribution in [1.29, 1.82) is 0 Å². The minimum atomic E-state index is -1.02. The molecular formula is C11H13N3O5. The molecule has 1 rings (SSSR count). The van der Waals surface area contributed by atoms with Crippen LogP contribution in [0.5, 0.6) is 5.88 Å². The van der Waals surface area contributed by atoms with Gasteiger partial charge in [-0.1, -0.05) is 0 Å². The number of nitrogens with one attached hydrogen (secondary N) is 1. The number of ether oxygens (including phenoxy) is 2. The smallest absolute Gasteiger partial charge is 0.344 e. The molecule has 0 atom stereocenters. The van der Waals surface area contributed by atoms with Crippen LogP contribution in [-0.4, -0.2) is 36.1 Å². The first-order chi connectivity index (χ1) is 9.04. The Bertz CT molecular complexity index is 489. The lowest BCUT2D eigenvalue weighted by Gasteiger charge is -2.08. The normalized spacial score (nSPS) is 9.53. The van der Waals surface area contributed by atoms with Crippen LogP contribution in [0.3, 0.4) is 0 Å². The van der Waals surface area contributed by atoms with Gasteiger partial charge < -0.3 is 15.2 Å². The lowest BCUT2D eigenvalue weighted by molar-refractivity contribution is -0.123. The maximum atomic E-state index is 11.7. The summed E-state index contributed by atoms with van der Waals surface area (Å²) in [6.45, 7) is 1.45. The molecule has 0 aliphatic carbocycles. The summed E-state index contributed by atoms with van der Waals surface area (Å²) in [5, 5.41) is 1.77. The van der Waals surface area contributed by atoms with Crippen LogP contribution >= 0.6 is 0 Å². The third kappa shape index (κ3) is 4.62. The molecule has 1 aromatic rings. The van der Waals surface area contributed by atoms with Gasteiger partial charge in [0.2, 0.25) is 5.88 Å².